The Balaban J connectivity index is 0. The fourth-order valence-corrected chi connectivity index (χ4v) is 0.364. The van der Waals surface area contributed by atoms with Crippen LogP contribution in [-0.2, 0) is 4.74 Å². The smallest absolute Gasteiger partial charge is 0.527 e. The number of nitrogens with zero attached hydrogens (tertiary/aromatic N) is 2. The van der Waals surface area contributed by atoms with Gasteiger partial charge in [0.25, 0.3) is 0 Å². The number of hydrogen-bond donors (Lipinski definition) is 0. The molecule has 13 heavy (non-hydrogen) atoms. The summed E-state index contributed by atoms with van der Waals surface area (Å²) in [5.74, 6) is 0. The molecule has 0 radical (unpaired) electrons. The van der Waals surface area contributed by atoms with Gasteiger partial charge in [-0.1, -0.05) is 5.11 Å². The molecule has 2 amide bonds. The van der Waals surface area contributed by atoms with Gasteiger partial charge in [0.2, 0.25) is 0 Å². The van der Waals surface area contributed by atoms with Crippen molar-refractivity contribution in [3.63, 3.8) is 0 Å². The number of hydrogen-bond acceptors (Lipinski definition) is 4. The van der Waals surface area contributed by atoms with Gasteiger partial charge in [0.05, 0.1) is 0 Å². The van der Waals surface area contributed by atoms with E-state index in [2.05, 4.69) is 15.0 Å². The van der Waals surface area contributed by atoms with Crippen molar-refractivity contribution >= 4 is 12.2 Å². The summed E-state index contributed by atoms with van der Waals surface area (Å²) in [6.07, 6.45) is -2.83. The number of azo groups is 1. The van der Waals surface area contributed by atoms with Crippen LogP contribution < -0.4 is 34.7 Å². The van der Waals surface area contributed by atoms with Crippen molar-refractivity contribution in [2.45, 2.75) is 26.4 Å². The van der Waals surface area contributed by atoms with Gasteiger partial charge in [0, 0.05) is 0 Å². The van der Waals surface area contributed by atoms with Crippen molar-refractivity contribution in [2.24, 2.45) is 10.2 Å². The topological polar surface area (TPSA) is 91.2 Å². The van der Waals surface area contributed by atoms with Crippen molar-refractivity contribution in [2.75, 3.05) is 0 Å². The minimum absolute atomic E-state index is 0. The van der Waals surface area contributed by atoms with E-state index in [4.69, 9.17) is 0 Å². The molecule has 7 heteroatoms. The zero-order chi connectivity index (χ0) is 9.78. The number of carbonyl (C=O) groups is 2. The molecule has 0 spiro atoms. The number of amides is 2. The Morgan fingerprint density at radius 3 is 2.00 bits per heavy atom. The van der Waals surface area contributed by atoms with E-state index in [1.807, 2.05) is 0 Å². The van der Waals surface area contributed by atoms with Crippen molar-refractivity contribution in [3.05, 3.63) is 0 Å². The molecule has 0 N–H and O–H groups in total. The van der Waals surface area contributed by atoms with Crippen LogP contribution >= 0.6 is 0 Å². The van der Waals surface area contributed by atoms with Crippen LogP contribution in [0.3, 0.4) is 0 Å². The maximum Gasteiger partial charge on any atom is 1.00 e. The summed E-state index contributed by atoms with van der Waals surface area (Å²) in [6.45, 7) is 4.87. The first-order valence-electron chi connectivity index (χ1n) is 3.17. The maximum atomic E-state index is 10.6. The van der Waals surface area contributed by atoms with E-state index in [0.29, 0.717) is 0 Å². The molecule has 0 unspecified atom stereocenters. The van der Waals surface area contributed by atoms with Gasteiger partial charge in [-0.15, -0.1) is 5.11 Å². The average Bonchev–Trinajstić information content (AvgIpc) is 1.79. The number of rotatable bonds is 0. The molecular formula is C6H9N2NaO4. The van der Waals surface area contributed by atoms with Gasteiger partial charge in [0.1, 0.15) is 5.60 Å². The monoisotopic (exact) mass is 196 g/mol. The Kier molecular flexibility index (Phi) is 7.01. The van der Waals surface area contributed by atoms with Crippen LogP contribution in [0.1, 0.15) is 20.8 Å². The van der Waals surface area contributed by atoms with Crippen molar-refractivity contribution < 1.29 is 49.0 Å². The molecule has 0 atom stereocenters. The standard InChI is InChI=1S/C6H10N2O4.Na/c1-6(2,3)12-5(11)8-7-4(9)10;/h1-3H3,(H,9,10);/q;+1/p-1. The predicted molar refractivity (Wildman–Crippen MR) is 36.5 cm³/mol. The molecule has 0 aromatic carbocycles. The number of carboxylic acid groups (broad SMARTS) is 1. The molecular weight excluding hydrogens is 187 g/mol. The third kappa shape index (κ3) is 11.5. The Bertz CT molecular complexity index is 221. The Morgan fingerprint density at radius 1 is 1.23 bits per heavy atom. The summed E-state index contributed by atoms with van der Waals surface area (Å²) >= 11 is 0. The van der Waals surface area contributed by atoms with Gasteiger partial charge in [-0.2, -0.15) is 0 Å². The third-order valence-corrected chi connectivity index (χ3v) is 0.607. The molecule has 0 aromatic heterocycles. The quantitative estimate of drug-likeness (QED) is 0.322. The molecule has 6 nitrogen and oxygen atoms in total. The first-order valence-corrected chi connectivity index (χ1v) is 3.17. The largest absolute Gasteiger partial charge is 1.00 e. The molecule has 0 saturated heterocycles. The summed E-state index contributed by atoms with van der Waals surface area (Å²) in [6, 6.07) is 0. The van der Waals surface area contributed by atoms with E-state index in [-0.39, 0.29) is 29.6 Å². The second-order valence-corrected chi connectivity index (χ2v) is 2.95. The molecule has 0 aliphatic heterocycles. The van der Waals surface area contributed by atoms with E-state index >= 15 is 0 Å². The molecule has 0 bridgehead atoms. The van der Waals surface area contributed by atoms with Crippen LogP contribution in [0.4, 0.5) is 9.59 Å². The van der Waals surface area contributed by atoms with E-state index < -0.39 is 17.8 Å². The average molecular weight is 196 g/mol. The first kappa shape index (κ1) is 15.0. The van der Waals surface area contributed by atoms with Crippen LogP contribution in [0.25, 0.3) is 0 Å². The fourth-order valence-electron chi connectivity index (χ4n) is 0.364. The Hall–Kier alpha value is -0.460. The summed E-state index contributed by atoms with van der Waals surface area (Å²) < 4.78 is 4.60. The summed E-state index contributed by atoms with van der Waals surface area (Å²) in [4.78, 5) is 20.3. The second-order valence-electron chi connectivity index (χ2n) is 2.95. The molecule has 0 fully saturated rings. The van der Waals surface area contributed by atoms with E-state index in [1.165, 1.54) is 0 Å². The molecule has 0 saturated carbocycles. The Labute approximate surface area is 97.7 Å². The van der Waals surface area contributed by atoms with Crippen LogP contribution in [0.5, 0.6) is 0 Å². The van der Waals surface area contributed by atoms with Gasteiger partial charge in [0.15, 0.2) is 6.09 Å². The van der Waals surface area contributed by atoms with Crippen LogP contribution in [-0.4, -0.2) is 17.8 Å². The number of carbonyl (C=O) groups excluding carboxylic acids is 2. The van der Waals surface area contributed by atoms with E-state index in [9.17, 15) is 14.7 Å². The van der Waals surface area contributed by atoms with Gasteiger partial charge in [-0.3, -0.25) is 0 Å². The van der Waals surface area contributed by atoms with E-state index in [1.54, 1.807) is 20.8 Å². The SMILES string of the molecule is CC(C)(C)OC(=O)N=NC(=O)[O-].[Na+]. The van der Waals surface area contributed by atoms with Crippen molar-refractivity contribution in [3.8, 4) is 0 Å². The van der Waals surface area contributed by atoms with Crippen LogP contribution in [0.2, 0.25) is 0 Å². The predicted octanol–water partition coefficient (Wildman–Crippen LogP) is -2.28. The number of ether oxygens (including phenoxy) is 1. The summed E-state index contributed by atoms with van der Waals surface area (Å²) in [5, 5.41) is 14.9. The zero-order valence-electron chi connectivity index (χ0n) is 8.03. The normalized spacial score (nSPS) is 10.7. The Morgan fingerprint density at radius 2 is 1.69 bits per heavy atom. The molecule has 0 aliphatic rings. The van der Waals surface area contributed by atoms with Crippen LogP contribution in [0, 0.1) is 0 Å². The molecule has 0 rings (SSSR count). The van der Waals surface area contributed by atoms with Gasteiger partial charge in [-0.05, 0) is 20.8 Å². The fraction of sp³-hybridized carbons (Fsp3) is 0.667. The van der Waals surface area contributed by atoms with Crippen molar-refractivity contribution in [1.82, 2.24) is 0 Å². The first-order chi connectivity index (χ1) is 5.31. The van der Waals surface area contributed by atoms with Gasteiger partial charge < -0.3 is 14.6 Å². The van der Waals surface area contributed by atoms with Crippen molar-refractivity contribution in [1.29, 1.82) is 0 Å². The van der Waals surface area contributed by atoms with Gasteiger partial charge in [-0.25, -0.2) is 4.79 Å². The summed E-state index contributed by atoms with van der Waals surface area (Å²) in [7, 11) is 0. The van der Waals surface area contributed by atoms with Crippen LogP contribution in [0.15, 0.2) is 10.2 Å². The molecule has 0 aliphatic carbocycles. The van der Waals surface area contributed by atoms with Gasteiger partial charge >= 0.3 is 35.7 Å². The third-order valence-electron chi connectivity index (χ3n) is 0.607. The molecule has 0 heterocycles. The zero-order valence-corrected chi connectivity index (χ0v) is 10.0. The second kappa shape index (κ2) is 6.06. The minimum atomic E-state index is -1.78. The maximum absolute atomic E-state index is 10.6. The molecule has 0 aromatic rings. The minimum Gasteiger partial charge on any atom is -0.527 e. The molecule has 68 valence electrons. The summed E-state index contributed by atoms with van der Waals surface area (Å²) in [5.41, 5.74) is -0.706. The van der Waals surface area contributed by atoms with E-state index in [0.717, 1.165) is 0 Å².